The summed E-state index contributed by atoms with van der Waals surface area (Å²) in [5.41, 5.74) is 1.39. The maximum Gasteiger partial charge on any atom is 0.271 e. The Balaban J connectivity index is 1.69. The lowest BCUT2D eigenvalue weighted by molar-refractivity contribution is -0.135. The zero-order valence-corrected chi connectivity index (χ0v) is 13.1. The average molecular weight is 310 g/mol. The molecule has 0 fully saturated rings. The maximum absolute atomic E-state index is 12.5. The lowest BCUT2D eigenvalue weighted by Crippen LogP contribution is -2.40. The molecule has 0 aromatic heterocycles. The van der Waals surface area contributed by atoms with Gasteiger partial charge < -0.3 is 14.9 Å². The summed E-state index contributed by atoms with van der Waals surface area (Å²) in [6.07, 6.45) is 0.415. The topological polar surface area (TPSA) is 59.9 Å². The van der Waals surface area contributed by atoms with Gasteiger partial charge in [-0.2, -0.15) is 0 Å². The van der Waals surface area contributed by atoms with Crippen molar-refractivity contribution in [3.8, 4) is 5.75 Å². The Morgan fingerprint density at radius 1 is 1.17 bits per heavy atom. The lowest BCUT2D eigenvalue weighted by atomic mass is 9.95. The van der Waals surface area contributed by atoms with Crippen LogP contribution in [0.4, 0.5) is 5.69 Å². The molecule has 1 N–H and O–H groups in total. The third-order valence-corrected chi connectivity index (χ3v) is 3.80. The van der Waals surface area contributed by atoms with Crippen LogP contribution in [-0.2, 0) is 9.63 Å². The van der Waals surface area contributed by atoms with Gasteiger partial charge in [-0.15, -0.1) is 0 Å². The molecule has 0 saturated carbocycles. The van der Waals surface area contributed by atoms with E-state index in [0.29, 0.717) is 6.42 Å². The molecule has 1 aliphatic rings. The molecule has 1 amide bonds. The maximum atomic E-state index is 12.5. The summed E-state index contributed by atoms with van der Waals surface area (Å²) < 4.78 is 5.14. The summed E-state index contributed by atoms with van der Waals surface area (Å²) >= 11 is 0. The highest BCUT2D eigenvalue weighted by atomic mass is 16.7. The monoisotopic (exact) mass is 310 g/mol. The van der Waals surface area contributed by atoms with Gasteiger partial charge in [0.25, 0.3) is 5.91 Å². The highest BCUT2D eigenvalue weighted by molar-refractivity contribution is 6.07. The molecule has 2 aromatic rings. The first-order valence-corrected chi connectivity index (χ1v) is 7.37. The molecule has 2 aromatic carbocycles. The van der Waals surface area contributed by atoms with Crippen LogP contribution in [0.3, 0.4) is 0 Å². The third-order valence-electron chi connectivity index (χ3n) is 3.80. The van der Waals surface area contributed by atoms with Gasteiger partial charge in [0, 0.05) is 12.1 Å². The summed E-state index contributed by atoms with van der Waals surface area (Å²) in [5.74, 6) is 0.564. The number of nitrogens with one attached hydrogen (secondary N) is 1. The van der Waals surface area contributed by atoms with Crippen molar-refractivity contribution in [2.24, 2.45) is 5.16 Å². The number of carbonyl (C=O) groups is 1. The fraction of sp³-hybridized carbons (Fsp3) is 0.222. The minimum absolute atomic E-state index is 0.212. The quantitative estimate of drug-likeness (QED) is 0.943. The number of amides is 1. The molecular formula is C18H18N2O3. The van der Waals surface area contributed by atoms with Crippen molar-refractivity contribution in [2.75, 3.05) is 12.4 Å². The zero-order chi connectivity index (χ0) is 16.3. The van der Waals surface area contributed by atoms with Gasteiger partial charge in [-0.1, -0.05) is 23.4 Å². The van der Waals surface area contributed by atoms with E-state index in [4.69, 9.17) is 9.57 Å². The number of para-hydroxylation sites is 1. The van der Waals surface area contributed by atoms with Gasteiger partial charge in [-0.05, 0) is 48.9 Å². The summed E-state index contributed by atoms with van der Waals surface area (Å²) in [4.78, 5) is 17.9. The van der Waals surface area contributed by atoms with E-state index in [-0.39, 0.29) is 5.91 Å². The number of anilines is 1. The summed E-state index contributed by atoms with van der Waals surface area (Å²) in [6, 6.07) is 16.8. The zero-order valence-electron chi connectivity index (χ0n) is 13.1. The number of oxime groups is 1. The Kier molecular flexibility index (Phi) is 4.02. The molecular weight excluding hydrogens is 292 g/mol. The van der Waals surface area contributed by atoms with E-state index in [1.165, 1.54) is 0 Å². The molecule has 0 saturated heterocycles. The Morgan fingerprint density at radius 2 is 1.87 bits per heavy atom. The predicted octanol–water partition coefficient (Wildman–Crippen LogP) is 3.22. The van der Waals surface area contributed by atoms with E-state index < -0.39 is 5.60 Å². The predicted molar refractivity (Wildman–Crippen MR) is 88.7 cm³/mol. The highest BCUT2D eigenvalue weighted by Gasteiger charge is 2.42. The van der Waals surface area contributed by atoms with E-state index in [0.717, 1.165) is 22.7 Å². The van der Waals surface area contributed by atoms with E-state index in [9.17, 15) is 4.79 Å². The molecule has 0 aliphatic carbocycles. The van der Waals surface area contributed by atoms with Gasteiger partial charge in [0.1, 0.15) is 5.75 Å². The number of hydrogen-bond acceptors (Lipinski definition) is 4. The van der Waals surface area contributed by atoms with Gasteiger partial charge >= 0.3 is 0 Å². The van der Waals surface area contributed by atoms with Crippen LogP contribution in [0.1, 0.15) is 18.9 Å². The van der Waals surface area contributed by atoms with Crippen LogP contribution < -0.4 is 10.1 Å². The van der Waals surface area contributed by atoms with Crippen LogP contribution >= 0.6 is 0 Å². The van der Waals surface area contributed by atoms with Gasteiger partial charge in [-0.3, -0.25) is 4.79 Å². The number of ether oxygens (including phenoxy) is 1. The average Bonchev–Trinajstić information content (AvgIpc) is 3.00. The molecule has 3 rings (SSSR count). The van der Waals surface area contributed by atoms with Gasteiger partial charge in [0.05, 0.1) is 12.8 Å². The van der Waals surface area contributed by atoms with Crippen LogP contribution in [0.2, 0.25) is 0 Å². The van der Waals surface area contributed by atoms with Crippen molar-refractivity contribution < 1.29 is 14.4 Å². The summed E-state index contributed by atoms with van der Waals surface area (Å²) in [6.45, 7) is 1.74. The Labute approximate surface area is 134 Å². The summed E-state index contributed by atoms with van der Waals surface area (Å²) in [7, 11) is 1.62. The smallest absolute Gasteiger partial charge is 0.271 e. The van der Waals surface area contributed by atoms with Crippen molar-refractivity contribution in [1.29, 1.82) is 0 Å². The molecule has 0 bridgehead atoms. The van der Waals surface area contributed by atoms with E-state index in [2.05, 4.69) is 10.5 Å². The van der Waals surface area contributed by atoms with Crippen LogP contribution in [0.5, 0.6) is 5.75 Å². The molecule has 5 heteroatoms. The molecule has 23 heavy (non-hydrogen) atoms. The molecule has 1 aliphatic heterocycles. The molecule has 1 atom stereocenters. The first-order chi connectivity index (χ1) is 11.1. The van der Waals surface area contributed by atoms with Crippen LogP contribution in [0.15, 0.2) is 59.8 Å². The van der Waals surface area contributed by atoms with Gasteiger partial charge in [0.2, 0.25) is 5.60 Å². The molecule has 118 valence electrons. The van der Waals surface area contributed by atoms with Crippen LogP contribution in [0.25, 0.3) is 0 Å². The SMILES string of the molecule is COc1ccc(C2=NO[C@](C)(C(=O)Nc3ccccc3)C2)cc1. The normalized spacial score (nSPS) is 19.7. The molecule has 1 heterocycles. The standard InChI is InChI=1S/C18H18N2O3/c1-18(17(21)19-14-6-4-3-5-7-14)12-16(20-23-18)13-8-10-15(22-2)11-9-13/h3-11H,12H2,1-2H3,(H,19,21)/t18-/m0/s1. The second-order valence-corrected chi connectivity index (χ2v) is 5.59. The second-order valence-electron chi connectivity index (χ2n) is 5.59. The number of nitrogens with zero attached hydrogens (tertiary/aromatic N) is 1. The van der Waals surface area contributed by atoms with Crippen LogP contribution in [-0.4, -0.2) is 24.3 Å². The Hall–Kier alpha value is -2.82. The van der Waals surface area contributed by atoms with E-state index >= 15 is 0 Å². The highest BCUT2D eigenvalue weighted by Crippen LogP contribution is 2.28. The number of hydrogen-bond donors (Lipinski definition) is 1. The van der Waals surface area contributed by atoms with Gasteiger partial charge in [0.15, 0.2) is 0 Å². The van der Waals surface area contributed by atoms with E-state index in [1.807, 2.05) is 54.6 Å². The fourth-order valence-corrected chi connectivity index (χ4v) is 2.38. The van der Waals surface area contributed by atoms with Crippen molar-refractivity contribution in [3.63, 3.8) is 0 Å². The molecule has 5 nitrogen and oxygen atoms in total. The van der Waals surface area contributed by atoms with Crippen molar-refractivity contribution in [3.05, 3.63) is 60.2 Å². The van der Waals surface area contributed by atoms with E-state index in [1.54, 1.807) is 14.0 Å². The summed E-state index contributed by atoms with van der Waals surface area (Å²) in [5, 5.41) is 6.95. The minimum Gasteiger partial charge on any atom is -0.497 e. The largest absolute Gasteiger partial charge is 0.497 e. The lowest BCUT2D eigenvalue weighted by Gasteiger charge is -2.20. The second kappa shape index (κ2) is 6.12. The number of methoxy groups -OCH3 is 1. The molecule has 0 spiro atoms. The molecule has 0 unspecified atom stereocenters. The molecule has 0 radical (unpaired) electrons. The van der Waals surface area contributed by atoms with Gasteiger partial charge in [-0.25, -0.2) is 0 Å². The number of carbonyl (C=O) groups excluding carboxylic acids is 1. The van der Waals surface area contributed by atoms with Crippen molar-refractivity contribution in [1.82, 2.24) is 0 Å². The first kappa shape index (κ1) is 15.1. The Morgan fingerprint density at radius 3 is 2.52 bits per heavy atom. The number of benzene rings is 2. The van der Waals surface area contributed by atoms with Crippen molar-refractivity contribution >= 4 is 17.3 Å². The number of rotatable bonds is 4. The first-order valence-electron chi connectivity index (χ1n) is 7.37. The van der Waals surface area contributed by atoms with Crippen molar-refractivity contribution in [2.45, 2.75) is 18.9 Å². The van der Waals surface area contributed by atoms with Crippen LogP contribution in [0, 0.1) is 0 Å². The minimum atomic E-state index is -1.01. The third kappa shape index (κ3) is 3.18. The fourth-order valence-electron chi connectivity index (χ4n) is 2.38. The Bertz CT molecular complexity index is 726.